The van der Waals surface area contributed by atoms with Crippen LogP contribution in [0.4, 0.5) is 10.5 Å². The third-order valence-corrected chi connectivity index (χ3v) is 9.12. The van der Waals surface area contributed by atoms with E-state index in [4.69, 9.17) is 14.2 Å². The molecule has 42 heavy (non-hydrogen) atoms. The molecule has 2 N–H and O–H groups in total. The Labute approximate surface area is 245 Å². The van der Waals surface area contributed by atoms with Crippen LogP contribution in [0.3, 0.4) is 0 Å². The first-order valence-electron chi connectivity index (χ1n) is 13.4. The van der Waals surface area contributed by atoms with Crippen LogP contribution < -0.4 is 19.5 Å². The molecular weight excluding hydrogens is 560 g/mol. The van der Waals surface area contributed by atoms with Gasteiger partial charge in [0.1, 0.15) is 16.7 Å². The molecule has 0 aliphatic carbocycles. The number of hydrogen-bond donors (Lipinski definition) is 2. The average molecular weight is 593 g/mol. The highest BCUT2D eigenvalue weighted by molar-refractivity contribution is 7.89. The molecule has 0 unspecified atom stereocenters. The van der Waals surface area contributed by atoms with Gasteiger partial charge in [0.25, 0.3) is 0 Å². The Hall–Kier alpha value is -4.31. The van der Waals surface area contributed by atoms with Gasteiger partial charge in [-0.15, -0.1) is 0 Å². The van der Waals surface area contributed by atoms with Crippen LogP contribution in [0.2, 0.25) is 0 Å². The predicted octanol–water partition coefficient (Wildman–Crippen LogP) is 3.14. The standard InChI is InChI=1S/C30H32N4O7S/c1-20-16-34(21(2)18-35)42(37,38)29-11-8-22(6-7-23-5-4-12-31-15-23)13-27(29)41-28(20)17-33(3)30(36)32-24-9-10-25-26(14-24)40-19-39-25/h4-5,8-15,20-21,28,35H,16-19H2,1-3H3,(H,32,36)/t20-,21-,28+/m0/s1. The number of sulfonamides is 1. The number of benzene rings is 2. The minimum absolute atomic E-state index is 0.0286. The normalized spacial score (nSPS) is 19.6. The summed E-state index contributed by atoms with van der Waals surface area (Å²) < 4.78 is 45.8. The second-order valence-electron chi connectivity index (χ2n) is 10.3. The minimum Gasteiger partial charge on any atom is -0.487 e. The number of rotatable bonds is 5. The van der Waals surface area contributed by atoms with Crippen LogP contribution in [0.25, 0.3) is 0 Å². The van der Waals surface area contributed by atoms with E-state index in [9.17, 15) is 18.3 Å². The van der Waals surface area contributed by atoms with Crippen LogP contribution in [-0.2, 0) is 10.0 Å². The molecule has 3 aromatic rings. The molecule has 0 spiro atoms. The van der Waals surface area contributed by atoms with E-state index in [0.29, 0.717) is 28.3 Å². The number of pyridine rings is 1. The number of nitrogens with one attached hydrogen (secondary N) is 1. The lowest BCUT2D eigenvalue weighted by molar-refractivity contribution is 0.0830. The molecule has 0 saturated heterocycles. The van der Waals surface area contributed by atoms with Crippen LogP contribution in [0.1, 0.15) is 25.0 Å². The third kappa shape index (κ3) is 6.28. The zero-order chi connectivity index (χ0) is 29.9. The molecule has 3 heterocycles. The van der Waals surface area contributed by atoms with E-state index in [1.807, 2.05) is 13.0 Å². The summed E-state index contributed by atoms with van der Waals surface area (Å²) in [5, 5.41) is 12.7. The molecular formula is C30H32N4O7S. The Kier molecular flexibility index (Phi) is 8.54. The van der Waals surface area contributed by atoms with Crippen molar-refractivity contribution in [1.29, 1.82) is 0 Å². The van der Waals surface area contributed by atoms with Crippen LogP contribution in [0, 0.1) is 17.8 Å². The fourth-order valence-electron chi connectivity index (χ4n) is 4.65. The maximum Gasteiger partial charge on any atom is 0.321 e. The highest BCUT2D eigenvalue weighted by Gasteiger charge is 2.38. The van der Waals surface area contributed by atoms with Gasteiger partial charge in [0.05, 0.1) is 13.2 Å². The maximum atomic E-state index is 13.7. The van der Waals surface area contributed by atoms with Gasteiger partial charge in [-0.05, 0) is 49.4 Å². The Bertz CT molecular complexity index is 1620. The van der Waals surface area contributed by atoms with Crippen molar-refractivity contribution >= 4 is 21.7 Å². The van der Waals surface area contributed by atoms with Crippen LogP contribution in [0.5, 0.6) is 17.2 Å². The first kappa shape index (κ1) is 29.2. The van der Waals surface area contributed by atoms with Crippen molar-refractivity contribution < 1.29 is 32.5 Å². The van der Waals surface area contributed by atoms with Crippen LogP contribution in [-0.4, -0.2) is 79.4 Å². The number of hydrogen-bond acceptors (Lipinski definition) is 8. The number of carbonyl (C=O) groups is 1. The van der Waals surface area contributed by atoms with Crippen molar-refractivity contribution in [2.24, 2.45) is 5.92 Å². The predicted molar refractivity (Wildman–Crippen MR) is 155 cm³/mol. The van der Waals surface area contributed by atoms with Gasteiger partial charge >= 0.3 is 6.03 Å². The van der Waals surface area contributed by atoms with Crippen LogP contribution >= 0.6 is 0 Å². The number of fused-ring (bicyclic) bond motifs is 2. The number of amides is 2. The molecule has 0 fully saturated rings. The summed E-state index contributed by atoms with van der Waals surface area (Å²) in [4.78, 5) is 18.6. The highest BCUT2D eigenvalue weighted by Crippen LogP contribution is 2.35. The first-order chi connectivity index (χ1) is 20.2. The molecule has 0 saturated carbocycles. The largest absolute Gasteiger partial charge is 0.487 e. The molecule has 220 valence electrons. The number of aromatic nitrogens is 1. The molecule has 3 atom stereocenters. The van der Waals surface area contributed by atoms with Gasteiger partial charge in [-0.25, -0.2) is 13.2 Å². The lowest BCUT2D eigenvalue weighted by Crippen LogP contribution is -2.50. The number of urea groups is 1. The Morgan fingerprint density at radius 1 is 1.14 bits per heavy atom. The number of ether oxygens (including phenoxy) is 3. The van der Waals surface area contributed by atoms with Gasteiger partial charge in [-0.3, -0.25) is 4.98 Å². The molecule has 2 aliphatic rings. The van der Waals surface area contributed by atoms with Gasteiger partial charge in [-0.2, -0.15) is 4.31 Å². The lowest BCUT2D eigenvalue weighted by Gasteiger charge is -2.37. The van der Waals surface area contributed by atoms with Crippen molar-refractivity contribution in [2.75, 3.05) is 38.9 Å². The fraction of sp³-hybridized carbons (Fsp3) is 0.333. The monoisotopic (exact) mass is 592 g/mol. The van der Waals surface area contributed by atoms with E-state index in [0.717, 1.165) is 0 Å². The summed E-state index contributed by atoms with van der Waals surface area (Å²) >= 11 is 0. The summed E-state index contributed by atoms with van der Waals surface area (Å²) in [5.74, 6) is 7.00. The molecule has 1 aromatic heterocycles. The van der Waals surface area contributed by atoms with Gasteiger partial charge in [0, 0.05) is 60.8 Å². The highest BCUT2D eigenvalue weighted by atomic mass is 32.2. The molecule has 11 nitrogen and oxygen atoms in total. The second-order valence-corrected chi connectivity index (χ2v) is 12.1. The summed E-state index contributed by atoms with van der Waals surface area (Å²) in [5.41, 5.74) is 1.80. The van der Waals surface area contributed by atoms with Crippen molar-refractivity contribution in [3.05, 3.63) is 72.1 Å². The van der Waals surface area contributed by atoms with E-state index in [1.54, 1.807) is 62.8 Å². The summed E-state index contributed by atoms with van der Waals surface area (Å²) in [6.07, 6.45) is 2.71. The van der Waals surface area contributed by atoms with Gasteiger partial charge in [0.15, 0.2) is 11.5 Å². The number of anilines is 1. The Morgan fingerprint density at radius 2 is 1.93 bits per heavy atom. The zero-order valence-electron chi connectivity index (χ0n) is 23.5. The SMILES string of the molecule is C[C@H]1CN([C@@H](C)CO)S(=O)(=O)c2ccc(C#Cc3cccnc3)cc2O[C@@H]1CN(C)C(=O)Nc1ccc2c(c1)OCO2. The molecule has 2 aliphatic heterocycles. The first-order valence-corrected chi connectivity index (χ1v) is 14.9. The lowest BCUT2D eigenvalue weighted by atomic mass is 10.0. The van der Waals surface area contributed by atoms with E-state index >= 15 is 0 Å². The number of carbonyl (C=O) groups excluding carboxylic acids is 1. The summed E-state index contributed by atoms with van der Waals surface area (Å²) in [6, 6.07) is 12.4. The molecule has 2 amide bonds. The van der Waals surface area contributed by atoms with Crippen molar-refractivity contribution in [2.45, 2.75) is 30.9 Å². The molecule has 5 rings (SSSR count). The average Bonchev–Trinajstić information content (AvgIpc) is 3.46. The number of aliphatic hydroxyl groups excluding tert-OH is 1. The number of nitrogens with zero attached hydrogens (tertiary/aromatic N) is 3. The summed E-state index contributed by atoms with van der Waals surface area (Å²) in [7, 11) is -2.37. The Balaban J connectivity index is 1.42. The zero-order valence-corrected chi connectivity index (χ0v) is 24.3. The van der Waals surface area contributed by atoms with Gasteiger partial charge in [0.2, 0.25) is 16.8 Å². The fourth-order valence-corrected chi connectivity index (χ4v) is 6.47. The van der Waals surface area contributed by atoms with Crippen molar-refractivity contribution in [3.8, 4) is 29.1 Å². The maximum absolute atomic E-state index is 13.7. The molecule has 2 aromatic carbocycles. The Morgan fingerprint density at radius 3 is 2.69 bits per heavy atom. The topological polar surface area (TPSA) is 131 Å². The molecule has 0 bridgehead atoms. The van der Waals surface area contributed by atoms with Crippen molar-refractivity contribution in [1.82, 2.24) is 14.2 Å². The van der Waals surface area contributed by atoms with E-state index in [-0.39, 0.29) is 49.1 Å². The van der Waals surface area contributed by atoms with E-state index < -0.39 is 22.2 Å². The van der Waals surface area contributed by atoms with Gasteiger partial charge < -0.3 is 29.5 Å². The van der Waals surface area contributed by atoms with Crippen LogP contribution in [0.15, 0.2) is 65.8 Å². The molecule has 0 radical (unpaired) electrons. The quantitative estimate of drug-likeness (QED) is 0.432. The smallest absolute Gasteiger partial charge is 0.321 e. The molecule has 12 heteroatoms. The summed E-state index contributed by atoms with van der Waals surface area (Å²) in [6.45, 7) is 3.54. The van der Waals surface area contributed by atoms with E-state index in [1.165, 1.54) is 15.3 Å². The third-order valence-electron chi connectivity index (χ3n) is 7.10. The van der Waals surface area contributed by atoms with E-state index in [2.05, 4.69) is 22.1 Å². The number of aliphatic hydroxyl groups is 1. The van der Waals surface area contributed by atoms with Gasteiger partial charge in [-0.1, -0.05) is 18.8 Å². The minimum atomic E-state index is -4.01. The second kappa shape index (κ2) is 12.3. The van der Waals surface area contributed by atoms with Crippen molar-refractivity contribution in [3.63, 3.8) is 0 Å². The number of likely N-dealkylation sites (N-methyl/N-ethyl adjacent to an activating group) is 1.